The molecule has 0 spiro atoms. The van der Waals surface area contributed by atoms with Gasteiger partial charge in [0, 0.05) is 0 Å². The highest BCUT2D eigenvalue weighted by atomic mass is 16.3. The molecule has 0 atom stereocenters. The number of hydrogen-bond acceptors (Lipinski definition) is 3. The average Bonchev–Trinajstić information content (AvgIpc) is 2.94. The molecule has 0 aliphatic carbocycles. The molecule has 4 nitrogen and oxygen atoms in total. The fourth-order valence-corrected chi connectivity index (χ4v) is 3.27. The lowest BCUT2D eigenvalue weighted by Crippen LogP contribution is -2.25. The topological polar surface area (TPSA) is 61.8 Å². The van der Waals surface area contributed by atoms with Crippen molar-refractivity contribution in [2.24, 2.45) is 5.41 Å². The second kappa shape index (κ2) is 7.04. The predicted molar refractivity (Wildman–Crippen MR) is 99.1 cm³/mol. The van der Waals surface area contributed by atoms with Crippen LogP contribution in [0.25, 0.3) is 11.0 Å². The van der Waals surface area contributed by atoms with Crippen molar-refractivity contribution in [1.29, 1.82) is 0 Å². The number of aromatic amines is 1. The van der Waals surface area contributed by atoms with Crippen LogP contribution in [0.4, 0.5) is 0 Å². The standard InChI is InChI=1S/C14H21N3.C6H6O/c1-13(2,3)9-14(4,5)10-7-6-8-11-12(10)16-17-15-11;7-6-4-2-1-3-5-6/h6-8H,9H2,1-5H3,(H,15,16,17);1-5,7H. The molecular weight excluding hydrogens is 298 g/mol. The first kappa shape index (κ1) is 18.0. The average molecular weight is 325 g/mol. The number of H-pyrrole nitrogens is 1. The van der Waals surface area contributed by atoms with Gasteiger partial charge in [-0.3, -0.25) is 5.10 Å². The number of aromatic nitrogens is 3. The summed E-state index contributed by atoms with van der Waals surface area (Å²) in [6.07, 6.45) is 1.12. The Hall–Kier alpha value is -2.36. The second-order valence-electron chi connectivity index (χ2n) is 7.97. The van der Waals surface area contributed by atoms with Crippen LogP contribution < -0.4 is 0 Å². The van der Waals surface area contributed by atoms with Crippen LogP contribution in [0.3, 0.4) is 0 Å². The molecule has 128 valence electrons. The van der Waals surface area contributed by atoms with Crippen molar-refractivity contribution in [1.82, 2.24) is 15.4 Å². The maximum absolute atomic E-state index is 8.63. The first-order valence-corrected chi connectivity index (χ1v) is 8.23. The minimum Gasteiger partial charge on any atom is -0.508 e. The minimum atomic E-state index is 0.106. The summed E-state index contributed by atoms with van der Waals surface area (Å²) in [6, 6.07) is 15.0. The number of rotatable bonds is 2. The summed E-state index contributed by atoms with van der Waals surface area (Å²) in [5.41, 5.74) is 3.70. The predicted octanol–water partition coefficient (Wildman–Crippen LogP) is 5.06. The molecule has 4 heteroatoms. The number of hydrogen-bond donors (Lipinski definition) is 2. The lowest BCUT2D eigenvalue weighted by Gasteiger charge is -2.32. The Kier molecular flexibility index (Phi) is 5.27. The van der Waals surface area contributed by atoms with E-state index in [2.05, 4.69) is 62.2 Å². The maximum atomic E-state index is 8.63. The molecule has 0 unspecified atom stereocenters. The zero-order valence-corrected chi connectivity index (χ0v) is 15.2. The van der Waals surface area contributed by atoms with Gasteiger partial charge < -0.3 is 5.11 Å². The molecule has 1 heterocycles. The highest BCUT2D eigenvalue weighted by molar-refractivity contribution is 5.78. The van der Waals surface area contributed by atoms with E-state index in [1.165, 1.54) is 5.56 Å². The van der Waals surface area contributed by atoms with Crippen LogP contribution in [-0.4, -0.2) is 20.5 Å². The van der Waals surface area contributed by atoms with Crippen molar-refractivity contribution in [3.8, 4) is 5.75 Å². The molecule has 1 aromatic heterocycles. The molecule has 2 aromatic carbocycles. The lowest BCUT2D eigenvalue weighted by molar-refractivity contribution is 0.285. The molecule has 0 fully saturated rings. The van der Waals surface area contributed by atoms with Crippen molar-refractivity contribution in [3.05, 3.63) is 54.1 Å². The van der Waals surface area contributed by atoms with Gasteiger partial charge >= 0.3 is 0 Å². The second-order valence-corrected chi connectivity index (χ2v) is 7.97. The molecule has 3 aromatic rings. The van der Waals surface area contributed by atoms with Crippen molar-refractivity contribution in [2.45, 2.75) is 46.5 Å². The van der Waals surface area contributed by atoms with E-state index in [-0.39, 0.29) is 5.41 Å². The van der Waals surface area contributed by atoms with Gasteiger partial charge in [0.15, 0.2) is 0 Å². The zero-order chi connectivity index (χ0) is 17.8. The summed E-state index contributed by atoms with van der Waals surface area (Å²) in [6.45, 7) is 11.4. The normalized spacial score (nSPS) is 11.9. The van der Waals surface area contributed by atoms with Gasteiger partial charge in [0.05, 0.1) is 5.52 Å². The van der Waals surface area contributed by atoms with E-state index in [0.717, 1.165) is 17.5 Å². The van der Waals surface area contributed by atoms with Crippen molar-refractivity contribution in [3.63, 3.8) is 0 Å². The van der Waals surface area contributed by atoms with Crippen molar-refractivity contribution >= 4 is 11.0 Å². The van der Waals surface area contributed by atoms with E-state index in [9.17, 15) is 0 Å². The van der Waals surface area contributed by atoms with E-state index in [4.69, 9.17) is 5.11 Å². The number of phenolic OH excluding ortho intramolecular Hbond substituents is 1. The summed E-state index contributed by atoms with van der Waals surface area (Å²) in [5, 5.41) is 19.7. The van der Waals surface area contributed by atoms with Crippen molar-refractivity contribution < 1.29 is 5.11 Å². The van der Waals surface area contributed by atoms with Gasteiger partial charge in [-0.2, -0.15) is 0 Å². The van der Waals surface area contributed by atoms with E-state index in [1.807, 2.05) is 12.1 Å². The molecule has 24 heavy (non-hydrogen) atoms. The Morgan fingerprint density at radius 3 is 2.12 bits per heavy atom. The monoisotopic (exact) mass is 325 g/mol. The number of aromatic hydroxyl groups is 1. The van der Waals surface area contributed by atoms with E-state index >= 15 is 0 Å². The highest BCUT2D eigenvalue weighted by Crippen LogP contribution is 2.38. The van der Waals surface area contributed by atoms with Crippen LogP contribution in [0.5, 0.6) is 5.75 Å². The SMILES string of the molecule is CC(C)(C)CC(C)(C)c1cccc2[nH]nnc12.Oc1ccccc1. The van der Waals surface area contributed by atoms with Crippen LogP contribution in [0.15, 0.2) is 48.5 Å². The molecule has 0 saturated heterocycles. The smallest absolute Gasteiger partial charge is 0.116 e. The van der Waals surface area contributed by atoms with Crippen LogP contribution in [0.1, 0.15) is 46.6 Å². The molecule has 0 radical (unpaired) electrons. The molecule has 0 aliphatic heterocycles. The number of nitrogens with one attached hydrogen (secondary N) is 1. The minimum absolute atomic E-state index is 0.106. The summed E-state index contributed by atoms with van der Waals surface area (Å²) >= 11 is 0. The Bertz CT molecular complexity index is 770. The molecule has 0 saturated carbocycles. The number of benzene rings is 2. The quantitative estimate of drug-likeness (QED) is 0.692. The summed E-state index contributed by atoms with van der Waals surface area (Å²) in [7, 11) is 0. The molecular formula is C20H27N3O. The first-order chi connectivity index (χ1) is 11.2. The molecule has 3 rings (SSSR count). The summed E-state index contributed by atoms with van der Waals surface area (Å²) < 4.78 is 0. The van der Waals surface area contributed by atoms with Crippen LogP contribution >= 0.6 is 0 Å². The zero-order valence-electron chi connectivity index (χ0n) is 15.2. The fourth-order valence-electron chi connectivity index (χ4n) is 3.27. The molecule has 0 bridgehead atoms. The number of nitrogens with zero attached hydrogens (tertiary/aromatic N) is 2. The Balaban J connectivity index is 0.000000249. The Morgan fingerprint density at radius 2 is 1.58 bits per heavy atom. The number of phenols is 1. The third-order valence-electron chi connectivity index (χ3n) is 3.81. The summed E-state index contributed by atoms with van der Waals surface area (Å²) in [5.74, 6) is 0.322. The van der Waals surface area contributed by atoms with Gasteiger partial charge in [0.25, 0.3) is 0 Å². The van der Waals surface area contributed by atoms with Gasteiger partial charge in [0.1, 0.15) is 11.3 Å². The van der Waals surface area contributed by atoms with E-state index in [0.29, 0.717) is 11.2 Å². The van der Waals surface area contributed by atoms with Gasteiger partial charge in [-0.15, -0.1) is 5.10 Å². The van der Waals surface area contributed by atoms with E-state index < -0.39 is 0 Å². The Morgan fingerprint density at radius 1 is 0.917 bits per heavy atom. The lowest BCUT2D eigenvalue weighted by atomic mass is 9.72. The molecule has 0 amide bonds. The largest absolute Gasteiger partial charge is 0.508 e. The van der Waals surface area contributed by atoms with Gasteiger partial charge in [-0.25, -0.2) is 0 Å². The van der Waals surface area contributed by atoms with Crippen molar-refractivity contribution in [2.75, 3.05) is 0 Å². The number of para-hydroxylation sites is 1. The maximum Gasteiger partial charge on any atom is 0.116 e. The van der Waals surface area contributed by atoms with Gasteiger partial charge in [0.2, 0.25) is 0 Å². The molecule has 0 aliphatic rings. The van der Waals surface area contributed by atoms with Gasteiger partial charge in [-0.05, 0) is 41.0 Å². The Labute approximate surface area is 143 Å². The fraction of sp³-hybridized carbons (Fsp3) is 0.400. The third-order valence-corrected chi connectivity index (χ3v) is 3.81. The highest BCUT2D eigenvalue weighted by Gasteiger charge is 2.29. The van der Waals surface area contributed by atoms with Gasteiger partial charge in [-0.1, -0.05) is 70.2 Å². The summed E-state index contributed by atoms with van der Waals surface area (Å²) in [4.78, 5) is 0. The first-order valence-electron chi connectivity index (χ1n) is 8.23. The van der Waals surface area contributed by atoms with E-state index in [1.54, 1.807) is 24.3 Å². The van der Waals surface area contributed by atoms with Crippen LogP contribution in [0.2, 0.25) is 0 Å². The van der Waals surface area contributed by atoms with Crippen LogP contribution in [0, 0.1) is 5.41 Å². The third kappa shape index (κ3) is 4.82. The molecule has 2 N–H and O–H groups in total. The van der Waals surface area contributed by atoms with Crippen LogP contribution in [-0.2, 0) is 5.41 Å². The number of fused-ring (bicyclic) bond motifs is 1.